The number of aromatic nitrogens is 2. The van der Waals surface area contributed by atoms with E-state index in [1.165, 1.54) is 6.92 Å². The molecule has 0 unspecified atom stereocenters. The summed E-state index contributed by atoms with van der Waals surface area (Å²) in [7, 11) is 0. The molecule has 0 aliphatic carbocycles. The number of aliphatic hydroxyl groups excluding tert-OH is 1. The van der Waals surface area contributed by atoms with Crippen molar-refractivity contribution < 1.29 is 10.2 Å². The first-order valence-corrected chi connectivity index (χ1v) is 6.73. The number of nitrogens with one attached hydrogen (secondary N) is 1. The van der Waals surface area contributed by atoms with Gasteiger partial charge in [0.05, 0.1) is 18.8 Å². The van der Waals surface area contributed by atoms with Gasteiger partial charge in [-0.05, 0) is 26.0 Å². The summed E-state index contributed by atoms with van der Waals surface area (Å²) < 4.78 is 1.01. The molecule has 0 aliphatic rings. The number of hydrogen-bond acceptors (Lipinski definition) is 5. The Balaban J connectivity index is 2.69. The van der Waals surface area contributed by atoms with Crippen molar-refractivity contribution >= 4 is 5.71 Å². The van der Waals surface area contributed by atoms with E-state index >= 15 is 0 Å². The van der Waals surface area contributed by atoms with E-state index < -0.39 is 17.1 Å². The van der Waals surface area contributed by atoms with Crippen molar-refractivity contribution in [2.75, 3.05) is 13.2 Å². The fraction of sp³-hybridized carbons (Fsp3) is 0.267. The maximum absolute atomic E-state index is 12.0. The number of aromatic amines is 1. The molecule has 1 aromatic carbocycles. The van der Waals surface area contributed by atoms with Crippen LogP contribution in [-0.4, -0.2) is 38.6 Å². The number of aliphatic hydroxyl groups is 1. The topological polar surface area (TPSA) is 108 Å². The summed E-state index contributed by atoms with van der Waals surface area (Å²) in [5.74, 6) is -0.475. The maximum atomic E-state index is 12.0. The lowest BCUT2D eigenvalue weighted by atomic mass is 10.2. The highest BCUT2D eigenvalue weighted by Gasteiger charge is 2.17. The highest BCUT2D eigenvalue weighted by molar-refractivity contribution is 6.00. The Hall–Kier alpha value is -2.67. The third-order valence-corrected chi connectivity index (χ3v) is 3.19. The predicted octanol–water partition coefficient (Wildman–Crippen LogP) is 0.341. The average molecular weight is 303 g/mol. The average Bonchev–Trinajstić information content (AvgIpc) is 2.46. The van der Waals surface area contributed by atoms with Crippen LogP contribution in [0.5, 0.6) is 5.88 Å². The molecule has 0 spiro atoms. The first-order chi connectivity index (χ1) is 10.5. The molecule has 1 heterocycles. The maximum Gasteiger partial charge on any atom is 0.335 e. The number of aliphatic imine (C=N–C) groups is 1. The highest BCUT2D eigenvalue weighted by Crippen LogP contribution is 2.17. The van der Waals surface area contributed by atoms with Gasteiger partial charge in [0.1, 0.15) is 5.56 Å². The van der Waals surface area contributed by atoms with E-state index in [1.54, 1.807) is 24.3 Å². The molecule has 0 aliphatic heterocycles. The van der Waals surface area contributed by atoms with E-state index in [2.05, 4.69) is 9.98 Å². The summed E-state index contributed by atoms with van der Waals surface area (Å²) in [5, 5.41) is 19.1. The van der Waals surface area contributed by atoms with Gasteiger partial charge in [0.25, 0.3) is 5.56 Å². The van der Waals surface area contributed by atoms with Crippen molar-refractivity contribution in [3.8, 4) is 11.6 Å². The lowest BCUT2D eigenvalue weighted by Gasteiger charge is -2.11. The van der Waals surface area contributed by atoms with Gasteiger partial charge in [0, 0.05) is 5.71 Å². The molecule has 0 fully saturated rings. The number of hydrogen-bond donors (Lipinski definition) is 3. The molecule has 2 rings (SSSR count). The second kappa shape index (κ2) is 6.40. The zero-order chi connectivity index (χ0) is 16.3. The van der Waals surface area contributed by atoms with Gasteiger partial charge in [-0.2, -0.15) is 0 Å². The molecular formula is C15H17N3O4. The summed E-state index contributed by atoms with van der Waals surface area (Å²) in [5.41, 5.74) is 0.139. The molecule has 22 heavy (non-hydrogen) atoms. The van der Waals surface area contributed by atoms with E-state index in [4.69, 9.17) is 5.11 Å². The van der Waals surface area contributed by atoms with Crippen molar-refractivity contribution in [1.29, 1.82) is 0 Å². The van der Waals surface area contributed by atoms with Crippen molar-refractivity contribution in [2.45, 2.75) is 13.8 Å². The second-order valence-corrected chi connectivity index (χ2v) is 4.82. The minimum atomic E-state index is -0.731. The molecule has 0 bridgehead atoms. The number of aromatic hydroxyl groups is 1. The van der Waals surface area contributed by atoms with Crippen molar-refractivity contribution in [2.24, 2.45) is 4.99 Å². The zero-order valence-corrected chi connectivity index (χ0v) is 12.3. The van der Waals surface area contributed by atoms with Gasteiger partial charge in [-0.3, -0.25) is 14.8 Å². The first-order valence-electron chi connectivity index (χ1n) is 6.73. The van der Waals surface area contributed by atoms with Gasteiger partial charge in [-0.15, -0.1) is 0 Å². The largest absolute Gasteiger partial charge is 0.493 e. The molecule has 0 amide bonds. The van der Waals surface area contributed by atoms with E-state index in [9.17, 15) is 14.7 Å². The van der Waals surface area contributed by atoms with Crippen LogP contribution in [0.4, 0.5) is 0 Å². The van der Waals surface area contributed by atoms with Gasteiger partial charge in [-0.25, -0.2) is 9.36 Å². The zero-order valence-electron chi connectivity index (χ0n) is 12.3. The minimum absolute atomic E-state index is 0.0892. The van der Waals surface area contributed by atoms with Crippen LogP contribution in [0.1, 0.15) is 18.1 Å². The van der Waals surface area contributed by atoms with Crippen molar-refractivity contribution in [1.82, 2.24) is 9.55 Å². The van der Waals surface area contributed by atoms with Gasteiger partial charge >= 0.3 is 5.69 Å². The quantitative estimate of drug-likeness (QED) is 0.708. The van der Waals surface area contributed by atoms with Crippen LogP contribution in [0, 0.1) is 6.92 Å². The fourth-order valence-electron chi connectivity index (χ4n) is 2.08. The molecule has 7 heteroatoms. The molecule has 3 N–H and O–H groups in total. The standard InChI is InChI=1S/C15H17N3O4/c1-9-3-5-11(6-4-9)18-14(21)12(10(2)16-7-8-19)13(20)17-15(18)22/h3-6,19,21H,7-8H2,1-2H3,(H,17,20,22). The molecule has 1 aromatic heterocycles. The number of nitrogens with zero attached hydrogens (tertiary/aromatic N) is 2. The van der Waals surface area contributed by atoms with Gasteiger partial charge in [-0.1, -0.05) is 17.7 Å². The van der Waals surface area contributed by atoms with E-state index in [-0.39, 0.29) is 24.4 Å². The Kier molecular flexibility index (Phi) is 4.57. The van der Waals surface area contributed by atoms with Crippen LogP contribution in [0.3, 0.4) is 0 Å². The molecule has 0 radical (unpaired) electrons. The lowest BCUT2D eigenvalue weighted by molar-refractivity contribution is 0.307. The Morgan fingerprint density at radius 1 is 1.27 bits per heavy atom. The van der Waals surface area contributed by atoms with Crippen LogP contribution in [0.25, 0.3) is 5.69 Å². The molecule has 116 valence electrons. The molecule has 2 aromatic rings. The summed E-state index contributed by atoms with van der Waals surface area (Å²) in [4.78, 5) is 30.1. The SMILES string of the molecule is CC(=NCCO)c1c(O)n(-c2ccc(C)cc2)c(=O)[nH]c1=O. The minimum Gasteiger partial charge on any atom is -0.493 e. The highest BCUT2D eigenvalue weighted by atomic mass is 16.3. The van der Waals surface area contributed by atoms with E-state index in [0.717, 1.165) is 10.1 Å². The summed E-state index contributed by atoms with van der Waals surface area (Å²) in [6.45, 7) is 3.36. The van der Waals surface area contributed by atoms with Gasteiger partial charge in [0.2, 0.25) is 5.88 Å². The van der Waals surface area contributed by atoms with E-state index in [1.807, 2.05) is 6.92 Å². The van der Waals surface area contributed by atoms with Gasteiger partial charge in [0.15, 0.2) is 0 Å². The monoisotopic (exact) mass is 303 g/mol. The normalized spacial score (nSPS) is 11.7. The van der Waals surface area contributed by atoms with Gasteiger partial charge < -0.3 is 10.2 Å². The van der Waals surface area contributed by atoms with Crippen LogP contribution in [-0.2, 0) is 0 Å². The molecular weight excluding hydrogens is 286 g/mol. The Bertz CT molecular complexity index is 816. The second-order valence-electron chi connectivity index (χ2n) is 4.82. The van der Waals surface area contributed by atoms with Crippen LogP contribution in [0.15, 0.2) is 38.8 Å². The Morgan fingerprint density at radius 3 is 2.50 bits per heavy atom. The first kappa shape index (κ1) is 15.7. The summed E-state index contributed by atoms with van der Waals surface area (Å²) in [6.07, 6.45) is 0. The molecule has 7 nitrogen and oxygen atoms in total. The molecule has 0 atom stereocenters. The predicted molar refractivity (Wildman–Crippen MR) is 83.2 cm³/mol. The van der Waals surface area contributed by atoms with E-state index in [0.29, 0.717) is 5.69 Å². The Labute approximate surface area is 126 Å². The van der Waals surface area contributed by atoms with Crippen LogP contribution in [0.2, 0.25) is 0 Å². The summed E-state index contributed by atoms with van der Waals surface area (Å²) in [6, 6.07) is 6.91. The van der Waals surface area contributed by atoms with Crippen LogP contribution >= 0.6 is 0 Å². The van der Waals surface area contributed by atoms with Crippen molar-refractivity contribution in [3.63, 3.8) is 0 Å². The lowest BCUT2D eigenvalue weighted by Crippen LogP contribution is -2.32. The molecule has 0 saturated carbocycles. The Morgan fingerprint density at radius 2 is 1.91 bits per heavy atom. The number of aryl methyl sites for hydroxylation is 1. The number of benzene rings is 1. The number of H-pyrrole nitrogens is 1. The smallest absolute Gasteiger partial charge is 0.335 e. The molecule has 0 saturated heterocycles. The fourth-order valence-corrected chi connectivity index (χ4v) is 2.08. The number of rotatable bonds is 4. The summed E-state index contributed by atoms with van der Waals surface area (Å²) >= 11 is 0. The third kappa shape index (κ3) is 2.99. The van der Waals surface area contributed by atoms with Crippen LogP contribution < -0.4 is 11.2 Å². The van der Waals surface area contributed by atoms with Crippen molar-refractivity contribution in [3.05, 3.63) is 56.2 Å². The third-order valence-electron chi connectivity index (χ3n) is 3.19.